The summed E-state index contributed by atoms with van der Waals surface area (Å²) in [4.78, 5) is 16.6. The Bertz CT molecular complexity index is 974. The van der Waals surface area contributed by atoms with Gasteiger partial charge in [-0.05, 0) is 56.2 Å². The number of nitrogens with zero attached hydrogens (tertiary/aromatic N) is 2. The molecule has 3 rings (SSSR count). The number of hydrogen-bond acceptors (Lipinski definition) is 3. The molecule has 1 N–H and O–H groups in total. The topological polar surface area (TPSA) is 56.2 Å². The quantitative estimate of drug-likeness (QED) is 0.610. The van der Waals surface area contributed by atoms with E-state index in [9.17, 15) is 4.79 Å². The van der Waals surface area contributed by atoms with Crippen LogP contribution in [0.15, 0.2) is 36.4 Å². The number of amides is 1. The molecule has 0 radical (unpaired) electrons. The summed E-state index contributed by atoms with van der Waals surface area (Å²) in [5, 5.41) is 3.77. The third-order valence-electron chi connectivity index (χ3n) is 4.76. The normalized spacial score (nSPS) is 12.2. The Kier molecular flexibility index (Phi) is 6.25. The maximum atomic E-state index is 11.8. The molecule has 0 saturated carbocycles. The van der Waals surface area contributed by atoms with Gasteiger partial charge in [-0.3, -0.25) is 4.79 Å². The standard InChI is InChI=1S/C22H26ClN3O2/c1-5-20(27)24-16(4)22-25-18-8-6-7-9-19(18)26(22)10-11-28-17-12-14(2)21(23)15(3)13-17/h6-9,12-13,16H,5,10-11H2,1-4H3,(H,24,27). The summed E-state index contributed by atoms with van der Waals surface area (Å²) in [6.07, 6.45) is 0.447. The largest absolute Gasteiger partial charge is 0.492 e. The molecule has 0 bridgehead atoms. The molecule has 0 aliphatic carbocycles. The minimum atomic E-state index is -0.181. The molecule has 1 heterocycles. The number of aryl methyl sites for hydroxylation is 2. The zero-order valence-electron chi connectivity index (χ0n) is 16.8. The summed E-state index contributed by atoms with van der Waals surface area (Å²) in [5.41, 5.74) is 3.94. The first-order chi connectivity index (χ1) is 13.4. The highest BCUT2D eigenvalue weighted by Gasteiger charge is 2.18. The second-order valence-corrected chi connectivity index (χ2v) is 7.35. The van der Waals surface area contributed by atoms with Crippen LogP contribution in [0.5, 0.6) is 5.75 Å². The minimum Gasteiger partial charge on any atom is -0.492 e. The molecule has 0 aliphatic rings. The Morgan fingerprint density at radius 1 is 1.25 bits per heavy atom. The highest BCUT2D eigenvalue weighted by atomic mass is 35.5. The van der Waals surface area contributed by atoms with Crippen LogP contribution in [0.3, 0.4) is 0 Å². The average Bonchev–Trinajstić information content (AvgIpc) is 3.05. The molecule has 1 amide bonds. The first-order valence-corrected chi connectivity index (χ1v) is 9.92. The van der Waals surface area contributed by atoms with Crippen molar-refractivity contribution in [3.8, 4) is 5.75 Å². The van der Waals surface area contributed by atoms with Crippen LogP contribution >= 0.6 is 11.6 Å². The first-order valence-electron chi connectivity index (χ1n) is 9.54. The van der Waals surface area contributed by atoms with Crippen molar-refractivity contribution in [1.29, 1.82) is 0 Å². The van der Waals surface area contributed by atoms with Crippen molar-refractivity contribution in [3.05, 3.63) is 58.4 Å². The highest BCUT2D eigenvalue weighted by molar-refractivity contribution is 6.32. The second-order valence-electron chi connectivity index (χ2n) is 6.97. The Hall–Kier alpha value is -2.53. The van der Waals surface area contributed by atoms with Crippen LogP contribution in [0.2, 0.25) is 5.02 Å². The predicted octanol–water partition coefficient (Wildman–Crippen LogP) is 4.97. The van der Waals surface area contributed by atoms with Gasteiger partial charge in [0.2, 0.25) is 5.91 Å². The van der Waals surface area contributed by atoms with Gasteiger partial charge in [0.15, 0.2) is 0 Å². The van der Waals surface area contributed by atoms with Crippen molar-refractivity contribution < 1.29 is 9.53 Å². The lowest BCUT2D eigenvalue weighted by Crippen LogP contribution is -2.28. The minimum absolute atomic E-state index is 0.00877. The fourth-order valence-corrected chi connectivity index (χ4v) is 3.42. The zero-order chi connectivity index (χ0) is 20.3. The number of fused-ring (bicyclic) bond motifs is 1. The van der Waals surface area contributed by atoms with Gasteiger partial charge in [-0.2, -0.15) is 0 Å². The summed E-state index contributed by atoms with van der Waals surface area (Å²) in [6, 6.07) is 11.7. The molecule has 28 heavy (non-hydrogen) atoms. The summed E-state index contributed by atoms with van der Waals surface area (Å²) in [5.74, 6) is 1.64. The smallest absolute Gasteiger partial charge is 0.220 e. The van der Waals surface area contributed by atoms with E-state index >= 15 is 0 Å². The van der Waals surface area contributed by atoms with Crippen molar-refractivity contribution in [1.82, 2.24) is 14.9 Å². The van der Waals surface area contributed by atoms with Crippen LogP contribution < -0.4 is 10.1 Å². The summed E-state index contributed by atoms with van der Waals surface area (Å²) < 4.78 is 8.10. The number of imidazole rings is 1. The maximum Gasteiger partial charge on any atom is 0.220 e. The van der Waals surface area contributed by atoms with E-state index in [2.05, 4.69) is 9.88 Å². The molecule has 0 aliphatic heterocycles. The number of para-hydroxylation sites is 2. The molecule has 0 spiro atoms. The van der Waals surface area contributed by atoms with Gasteiger partial charge in [0, 0.05) is 11.4 Å². The molecule has 6 heteroatoms. The van der Waals surface area contributed by atoms with Gasteiger partial charge in [0.05, 0.1) is 23.6 Å². The number of rotatable bonds is 7. The maximum absolute atomic E-state index is 11.8. The average molecular weight is 400 g/mol. The SMILES string of the molecule is CCC(=O)NC(C)c1nc2ccccc2n1CCOc1cc(C)c(Cl)c(C)c1. The van der Waals surface area contributed by atoms with Crippen molar-refractivity contribution in [2.45, 2.75) is 46.7 Å². The fourth-order valence-electron chi connectivity index (χ4n) is 3.31. The molecular weight excluding hydrogens is 374 g/mol. The van der Waals surface area contributed by atoms with Crippen LogP contribution in [0.1, 0.15) is 43.3 Å². The summed E-state index contributed by atoms with van der Waals surface area (Å²) in [7, 11) is 0. The lowest BCUT2D eigenvalue weighted by Gasteiger charge is -2.17. The summed E-state index contributed by atoms with van der Waals surface area (Å²) >= 11 is 6.24. The number of ether oxygens (including phenoxy) is 1. The van der Waals surface area contributed by atoms with Crippen molar-refractivity contribution in [3.63, 3.8) is 0 Å². The van der Waals surface area contributed by atoms with E-state index in [0.29, 0.717) is 19.6 Å². The number of nitrogens with one attached hydrogen (secondary N) is 1. The molecule has 1 aromatic heterocycles. The van der Waals surface area contributed by atoms with Crippen LogP contribution in [-0.2, 0) is 11.3 Å². The fraction of sp³-hybridized carbons (Fsp3) is 0.364. The first kappa shape index (κ1) is 20.2. The monoisotopic (exact) mass is 399 g/mol. The van der Waals surface area contributed by atoms with Crippen LogP contribution in [0.25, 0.3) is 11.0 Å². The van der Waals surface area contributed by atoms with Crippen molar-refractivity contribution in [2.24, 2.45) is 0 Å². The Balaban J connectivity index is 1.81. The van der Waals surface area contributed by atoms with Gasteiger partial charge in [0.25, 0.3) is 0 Å². The van der Waals surface area contributed by atoms with Crippen LogP contribution in [0, 0.1) is 13.8 Å². The van der Waals surface area contributed by atoms with E-state index in [0.717, 1.165) is 38.8 Å². The van der Waals surface area contributed by atoms with E-state index < -0.39 is 0 Å². The number of carbonyl (C=O) groups excluding carboxylic acids is 1. The number of halogens is 1. The van der Waals surface area contributed by atoms with E-state index in [-0.39, 0.29) is 11.9 Å². The number of aromatic nitrogens is 2. The number of benzene rings is 2. The van der Waals surface area contributed by atoms with Gasteiger partial charge in [-0.25, -0.2) is 4.98 Å². The molecule has 3 aromatic rings. The van der Waals surface area contributed by atoms with E-state index in [1.807, 2.05) is 64.1 Å². The molecular formula is C22H26ClN3O2. The van der Waals surface area contributed by atoms with E-state index in [4.69, 9.17) is 21.3 Å². The Morgan fingerprint density at radius 2 is 1.93 bits per heavy atom. The molecule has 2 aromatic carbocycles. The van der Waals surface area contributed by atoms with Gasteiger partial charge in [-0.1, -0.05) is 30.7 Å². The van der Waals surface area contributed by atoms with Crippen molar-refractivity contribution in [2.75, 3.05) is 6.61 Å². The Morgan fingerprint density at radius 3 is 2.61 bits per heavy atom. The highest BCUT2D eigenvalue weighted by Crippen LogP contribution is 2.26. The van der Waals surface area contributed by atoms with E-state index in [1.54, 1.807) is 0 Å². The van der Waals surface area contributed by atoms with Gasteiger partial charge >= 0.3 is 0 Å². The molecule has 0 fully saturated rings. The van der Waals surface area contributed by atoms with E-state index in [1.165, 1.54) is 0 Å². The molecule has 0 saturated heterocycles. The molecule has 5 nitrogen and oxygen atoms in total. The third kappa shape index (κ3) is 4.30. The van der Waals surface area contributed by atoms with Crippen LogP contribution in [-0.4, -0.2) is 22.1 Å². The van der Waals surface area contributed by atoms with Crippen molar-refractivity contribution >= 4 is 28.5 Å². The number of hydrogen-bond donors (Lipinski definition) is 1. The van der Waals surface area contributed by atoms with Gasteiger partial charge in [-0.15, -0.1) is 0 Å². The molecule has 1 atom stereocenters. The predicted molar refractivity (Wildman–Crippen MR) is 113 cm³/mol. The molecule has 1 unspecified atom stereocenters. The molecule has 148 valence electrons. The third-order valence-corrected chi connectivity index (χ3v) is 5.36. The second kappa shape index (κ2) is 8.65. The Labute approximate surface area is 170 Å². The summed E-state index contributed by atoms with van der Waals surface area (Å²) in [6.45, 7) is 8.86. The lowest BCUT2D eigenvalue weighted by atomic mass is 10.1. The zero-order valence-corrected chi connectivity index (χ0v) is 17.5. The number of carbonyl (C=O) groups is 1. The van der Waals surface area contributed by atoms with Gasteiger partial charge < -0.3 is 14.6 Å². The van der Waals surface area contributed by atoms with Crippen LogP contribution in [0.4, 0.5) is 0 Å². The van der Waals surface area contributed by atoms with Gasteiger partial charge in [0.1, 0.15) is 18.2 Å². The lowest BCUT2D eigenvalue weighted by molar-refractivity contribution is -0.121.